The van der Waals surface area contributed by atoms with Crippen LogP contribution >= 0.6 is 0 Å². The van der Waals surface area contributed by atoms with Gasteiger partial charge in [0.25, 0.3) is 0 Å². The number of phenolic OH excluding ortho intramolecular Hbond substituents is 1. The summed E-state index contributed by atoms with van der Waals surface area (Å²) in [6.45, 7) is 1.81. The summed E-state index contributed by atoms with van der Waals surface area (Å²) in [5.74, 6) is 0.220. The van der Waals surface area contributed by atoms with Crippen molar-refractivity contribution >= 4 is 0 Å². The molecule has 0 heterocycles. The highest BCUT2D eigenvalue weighted by molar-refractivity contribution is 5.28. The number of hydrogen-bond acceptors (Lipinski definition) is 3. The number of aromatic hydroxyl groups is 1. The maximum atomic E-state index is 9.05. The van der Waals surface area contributed by atoms with Crippen LogP contribution in [0.1, 0.15) is 18.5 Å². The van der Waals surface area contributed by atoms with E-state index in [1.807, 2.05) is 13.0 Å². The van der Waals surface area contributed by atoms with Gasteiger partial charge in [-0.05, 0) is 24.6 Å². The number of nitrogens with zero attached hydrogens (tertiary/aromatic N) is 1. The molecular weight excluding hydrogens is 140 g/mol. The molecule has 0 radical (unpaired) electrons. The number of hydrogen-bond donors (Lipinski definition) is 2. The van der Waals surface area contributed by atoms with Crippen molar-refractivity contribution in [1.29, 1.82) is 5.53 Å². The molecule has 0 aliphatic carbocycles. The first-order valence-corrected chi connectivity index (χ1v) is 3.39. The van der Waals surface area contributed by atoms with Gasteiger partial charge in [0, 0.05) is 0 Å². The third kappa shape index (κ3) is 1.77. The molecule has 0 aliphatic rings. The predicted octanol–water partition coefficient (Wildman–Crippen LogP) is 2.48. The first kappa shape index (κ1) is 7.72. The van der Waals surface area contributed by atoms with Crippen LogP contribution in [0.2, 0.25) is 0 Å². The van der Waals surface area contributed by atoms with E-state index in [1.54, 1.807) is 18.2 Å². The Labute approximate surface area is 65.2 Å². The van der Waals surface area contributed by atoms with Crippen LogP contribution in [0.5, 0.6) is 5.75 Å². The zero-order valence-electron chi connectivity index (χ0n) is 6.28. The fourth-order valence-electron chi connectivity index (χ4n) is 0.859. The van der Waals surface area contributed by atoms with Gasteiger partial charge < -0.3 is 5.11 Å². The zero-order chi connectivity index (χ0) is 8.27. The molecule has 1 unspecified atom stereocenters. The fourth-order valence-corrected chi connectivity index (χ4v) is 0.859. The zero-order valence-corrected chi connectivity index (χ0v) is 6.28. The maximum absolute atomic E-state index is 9.05. The van der Waals surface area contributed by atoms with Crippen LogP contribution in [0.3, 0.4) is 0 Å². The van der Waals surface area contributed by atoms with Gasteiger partial charge in [-0.3, -0.25) is 0 Å². The summed E-state index contributed by atoms with van der Waals surface area (Å²) >= 11 is 0. The Morgan fingerprint density at radius 1 is 1.55 bits per heavy atom. The number of phenols is 1. The molecule has 0 spiro atoms. The van der Waals surface area contributed by atoms with Crippen molar-refractivity contribution in [2.75, 3.05) is 0 Å². The highest BCUT2D eigenvalue weighted by Gasteiger charge is 2.01. The quantitative estimate of drug-likeness (QED) is 0.625. The maximum Gasteiger partial charge on any atom is 0.115 e. The average molecular weight is 150 g/mol. The van der Waals surface area contributed by atoms with E-state index >= 15 is 0 Å². The summed E-state index contributed by atoms with van der Waals surface area (Å²) < 4.78 is 0. The van der Waals surface area contributed by atoms with Crippen LogP contribution in [0.15, 0.2) is 29.4 Å². The van der Waals surface area contributed by atoms with Crippen molar-refractivity contribution in [2.24, 2.45) is 5.11 Å². The lowest BCUT2D eigenvalue weighted by Crippen LogP contribution is -1.86. The Bertz CT molecular complexity index is 260. The minimum absolute atomic E-state index is 0.165. The summed E-state index contributed by atoms with van der Waals surface area (Å²) in [6.07, 6.45) is 0. The summed E-state index contributed by atoms with van der Waals surface area (Å²) in [7, 11) is 0. The van der Waals surface area contributed by atoms with Crippen molar-refractivity contribution in [3.63, 3.8) is 0 Å². The Kier molecular flexibility index (Phi) is 2.21. The monoisotopic (exact) mass is 150 g/mol. The SMILES string of the molecule is CC(N=N)c1cccc(O)c1. The second-order valence-corrected chi connectivity index (χ2v) is 2.40. The molecule has 1 rings (SSSR count). The van der Waals surface area contributed by atoms with E-state index in [9.17, 15) is 0 Å². The van der Waals surface area contributed by atoms with E-state index in [-0.39, 0.29) is 11.8 Å². The summed E-state index contributed by atoms with van der Waals surface area (Å²) in [5, 5.41) is 12.4. The summed E-state index contributed by atoms with van der Waals surface area (Å²) in [6, 6.07) is 6.62. The van der Waals surface area contributed by atoms with Crippen LogP contribution in [0.25, 0.3) is 0 Å². The van der Waals surface area contributed by atoms with E-state index in [0.29, 0.717) is 0 Å². The Morgan fingerprint density at radius 2 is 2.27 bits per heavy atom. The van der Waals surface area contributed by atoms with E-state index in [2.05, 4.69) is 5.11 Å². The van der Waals surface area contributed by atoms with E-state index in [1.165, 1.54) is 0 Å². The van der Waals surface area contributed by atoms with Gasteiger partial charge in [0.15, 0.2) is 0 Å². The molecule has 0 saturated carbocycles. The molecule has 0 bridgehead atoms. The second-order valence-electron chi connectivity index (χ2n) is 2.40. The molecule has 58 valence electrons. The third-order valence-electron chi connectivity index (χ3n) is 1.55. The molecule has 0 fully saturated rings. The fraction of sp³-hybridized carbons (Fsp3) is 0.250. The molecule has 0 aromatic heterocycles. The van der Waals surface area contributed by atoms with Crippen molar-refractivity contribution in [3.8, 4) is 5.75 Å². The van der Waals surface area contributed by atoms with Gasteiger partial charge in [0.05, 0.1) is 6.04 Å². The van der Waals surface area contributed by atoms with Crippen molar-refractivity contribution < 1.29 is 5.11 Å². The normalized spacial score (nSPS) is 12.5. The molecule has 1 atom stereocenters. The van der Waals surface area contributed by atoms with Crippen molar-refractivity contribution in [1.82, 2.24) is 0 Å². The molecule has 3 heteroatoms. The minimum Gasteiger partial charge on any atom is -0.508 e. The summed E-state index contributed by atoms with van der Waals surface area (Å²) in [4.78, 5) is 0. The molecule has 0 aliphatic heterocycles. The minimum atomic E-state index is -0.165. The summed E-state index contributed by atoms with van der Waals surface area (Å²) in [5.41, 5.74) is 7.62. The Morgan fingerprint density at radius 3 is 2.82 bits per heavy atom. The van der Waals surface area contributed by atoms with Crippen LogP contribution in [0.4, 0.5) is 0 Å². The topological polar surface area (TPSA) is 56.4 Å². The van der Waals surface area contributed by atoms with E-state index in [4.69, 9.17) is 10.6 Å². The van der Waals surface area contributed by atoms with Gasteiger partial charge in [-0.25, -0.2) is 5.53 Å². The predicted molar refractivity (Wildman–Crippen MR) is 41.7 cm³/mol. The second kappa shape index (κ2) is 3.14. The van der Waals surface area contributed by atoms with E-state index < -0.39 is 0 Å². The van der Waals surface area contributed by atoms with Crippen LogP contribution in [0, 0.1) is 5.53 Å². The lowest BCUT2D eigenvalue weighted by atomic mass is 10.1. The molecule has 0 saturated heterocycles. The first-order chi connectivity index (χ1) is 5.24. The van der Waals surface area contributed by atoms with Crippen molar-refractivity contribution in [2.45, 2.75) is 13.0 Å². The van der Waals surface area contributed by atoms with Crippen LogP contribution in [-0.2, 0) is 0 Å². The Hall–Kier alpha value is -1.38. The number of benzene rings is 1. The van der Waals surface area contributed by atoms with Crippen LogP contribution in [-0.4, -0.2) is 5.11 Å². The van der Waals surface area contributed by atoms with Gasteiger partial charge in [-0.2, -0.15) is 5.11 Å². The van der Waals surface area contributed by atoms with Gasteiger partial charge in [0.2, 0.25) is 0 Å². The number of rotatable bonds is 2. The highest BCUT2D eigenvalue weighted by Crippen LogP contribution is 2.19. The average Bonchev–Trinajstić information content (AvgIpc) is 2.03. The standard InChI is InChI=1S/C8H10N2O/c1-6(10-9)7-3-2-4-8(11)5-7/h2-6,9,11H,1H3. The van der Waals surface area contributed by atoms with E-state index in [0.717, 1.165) is 5.56 Å². The van der Waals surface area contributed by atoms with Crippen LogP contribution < -0.4 is 0 Å². The smallest absolute Gasteiger partial charge is 0.115 e. The van der Waals surface area contributed by atoms with Gasteiger partial charge in [-0.15, -0.1) is 0 Å². The molecule has 11 heavy (non-hydrogen) atoms. The number of nitrogens with one attached hydrogen (secondary N) is 1. The third-order valence-corrected chi connectivity index (χ3v) is 1.55. The molecule has 1 aromatic rings. The highest BCUT2D eigenvalue weighted by atomic mass is 16.3. The molecule has 3 nitrogen and oxygen atoms in total. The van der Waals surface area contributed by atoms with Crippen molar-refractivity contribution in [3.05, 3.63) is 29.8 Å². The Balaban J connectivity index is 2.95. The van der Waals surface area contributed by atoms with Gasteiger partial charge in [-0.1, -0.05) is 12.1 Å². The lowest BCUT2D eigenvalue weighted by molar-refractivity contribution is 0.474. The largest absolute Gasteiger partial charge is 0.508 e. The van der Waals surface area contributed by atoms with Gasteiger partial charge >= 0.3 is 0 Å². The van der Waals surface area contributed by atoms with Gasteiger partial charge in [0.1, 0.15) is 5.75 Å². The molecule has 2 N–H and O–H groups in total. The molecular formula is C8H10N2O. The lowest BCUT2D eigenvalue weighted by Gasteiger charge is -2.03. The molecule has 0 amide bonds. The first-order valence-electron chi connectivity index (χ1n) is 3.39. The molecule has 1 aromatic carbocycles.